The summed E-state index contributed by atoms with van der Waals surface area (Å²) in [7, 11) is -2.20. The lowest BCUT2D eigenvalue weighted by Crippen LogP contribution is -2.23. The lowest BCUT2D eigenvalue weighted by Gasteiger charge is -2.09. The van der Waals surface area contributed by atoms with Gasteiger partial charge in [-0.25, -0.2) is 13.1 Å². The Morgan fingerprint density at radius 3 is 2.69 bits per heavy atom. The molecule has 0 fully saturated rings. The fourth-order valence-electron chi connectivity index (χ4n) is 1.23. The number of nitrogens with one attached hydrogen (secondary N) is 1. The number of nitriles is 1. The van der Waals surface area contributed by atoms with E-state index in [1.165, 1.54) is 25.3 Å². The maximum atomic E-state index is 11.7. The third-order valence-electron chi connectivity index (χ3n) is 1.92. The van der Waals surface area contributed by atoms with Crippen molar-refractivity contribution in [3.63, 3.8) is 0 Å². The van der Waals surface area contributed by atoms with Crippen molar-refractivity contribution in [3.05, 3.63) is 23.8 Å². The SMILES string of the molecule is CCNS(=O)(=O)c1ccc(C#N)cc1OC. The van der Waals surface area contributed by atoms with Crippen molar-refractivity contribution in [2.24, 2.45) is 0 Å². The number of rotatable bonds is 4. The molecule has 0 bridgehead atoms. The van der Waals surface area contributed by atoms with Crippen molar-refractivity contribution in [2.45, 2.75) is 11.8 Å². The Morgan fingerprint density at radius 1 is 1.50 bits per heavy atom. The van der Waals surface area contributed by atoms with Gasteiger partial charge in [0.25, 0.3) is 0 Å². The highest BCUT2D eigenvalue weighted by atomic mass is 32.2. The van der Waals surface area contributed by atoms with Crippen LogP contribution in [0, 0.1) is 11.3 Å². The maximum Gasteiger partial charge on any atom is 0.244 e. The zero-order valence-electron chi connectivity index (χ0n) is 9.02. The van der Waals surface area contributed by atoms with Crippen LogP contribution in [0.5, 0.6) is 5.75 Å². The Bertz CT molecular complexity index is 517. The van der Waals surface area contributed by atoms with Gasteiger partial charge >= 0.3 is 0 Å². The summed E-state index contributed by atoms with van der Waals surface area (Å²) >= 11 is 0. The van der Waals surface area contributed by atoms with E-state index in [-0.39, 0.29) is 10.6 Å². The molecule has 5 nitrogen and oxygen atoms in total. The van der Waals surface area contributed by atoms with E-state index in [1.807, 2.05) is 6.07 Å². The number of benzene rings is 1. The van der Waals surface area contributed by atoms with Crippen LogP contribution in [0.15, 0.2) is 23.1 Å². The Balaban J connectivity index is 3.30. The van der Waals surface area contributed by atoms with Crippen molar-refractivity contribution in [1.29, 1.82) is 5.26 Å². The van der Waals surface area contributed by atoms with E-state index in [4.69, 9.17) is 10.00 Å². The average molecular weight is 240 g/mol. The summed E-state index contributed by atoms with van der Waals surface area (Å²) in [6.45, 7) is 1.99. The van der Waals surface area contributed by atoms with Crippen LogP contribution < -0.4 is 9.46 Å². The van der Waals surface area contributed by atoms with Crippen molar-refractivity contribution >= 4 is 10.0 Å². The molecule has 0 aliphatic rings. The molecule has 0 unspecified atom stereocenters. The predicted molar refractivity (Wildman–Crippen MR) is 58.6 cm³/mol. The third-order valence-corrected chi connectivity index (χ3v) is 3.50. The van der Waals surface area contributed by atoms with Crippen LogP contribution in [0.2, 0.25) is 0 Å². The number of hydrogen-bond donors (Lipinski definition) is 1. The standard InChI is InChI=1S/C10H12N2O3S/c1-3-12-16(13,14)10-5-4-8(7-11)6-9(10)15-2/h4-6,12H,3H2,1-2H3. The van der Waals surface area contributed by atoms with Crippen LogP contribution >= 0.6 is 0 Å². The average Bonchev–Trinajstić information content (AvgIpc) is 2.28. The molecule has 0 spiro atoms. The molecule has 1 aromatic rings. The first kappa shape index (κ1) is 12.5. The van der Waals surface area contributed by atoms with Gasteiger partial charge in [0.15, 0.2) is 0 Å². The number of ether oxygens (including phenoxy) is 1. The molecule has 6 heteroatoms. The van der Waals surface area contributed by atoms with Gasteiger partial charge in [0.1, 0.15) is 10.6 Å². The highest BCUT2D eigenvalue weighted by Gasteiger charge is 2.18. The molecule has 86 valence electrons. The van der Waals surface area contributed by atoms with Crippen molar-refractivity contribution < 1.29 is 13.2 Å². The minimum atomic E-state index is -3.56. The van der Waals surface area contributed by atoms with Crippen molar-refractivity contribution in [3.8, 4) is 11.8 Å². The number of hydrogen-bond acceptors (Lipinski definition) is 4. The molecule has 0 aliphatic heterocycles. The van der Waals surface area contributed by atoms with Gasteiger partial charge in [0.2, 0.25) is 10.0 Å². The molecule has 0 radical (unpaired) electrons. The molecular weight excluding hydrogens is 228 g/mol. The van der Waals surface area contributed by atoms with E-state index >= 15 is 0 Å². The quantitative estimate of drug-likeness (QED) is 0.846. The molecular formula is C10H12N2O3S. The smallest absolute Gasteiger partial charge is 0.244 e. The van der Waals surface area contributed by atoms with E-state index in [0.29, 0.717) is 12.1 Å². The number of sulfonamides is 1. The van der Waals surface area contributed by atoms with Crippen LogP contribution in [0.3, 0.4) is 0 Å². The highest BCUT2D eigenvalue weighted by Crippen LogP contribution is 2.24. The topological polar surface area (TPSA) is 79.2 Å². The molecule has 16 heavy (non-hydrogen) atoms. The van der Waals surface area contributed by atoms with Gasteiger partial charge in [-0.05, 0) is 18.2 Å². The summed E-state index contributed by atoms with van der Waals surface area (Å²) in [6, 6.07) is 6.10. The first-order valence-corrected chi connectivity index (χ1v) is 6.11. The second kappa shape index (κ2) is 4.96. The molecule has 0 aromatic heterocycles. The third kappa shape index (κ3) is 2.51. The van der Waals surface area contributed by atoms with Crippen LogP contribution in [0.1, 0.15) is 12.5 Å². The summed E-state index contributed by atoms with van der Waals surface area (Å²) in [5.74, 6) is 0.167. The zero-order chi connectivity index (χ0) is 12.2. The maximum absolute atomic E-state index is 11.7. The molecule has 0 atom stereocenters. The van der Waals surface area contributed by atoms with Crippen LogP contribution in [-0.4, -0.2) is 22.1 Å². The van der Waals surface area contributed by atoms with Gasteiger partial charge < -0.3 is 4.74 Å². The van der Waals surface area contributed by atoms with Crippen molar-refractivity contribution in [2.75, 3.05) is 13.7 Å². The van der Waals surface area contributed by atoms with Crippen LogP contribution in [0.4, 0.5) is 0 Å². The van der Waals surface area contributed by atoms with E-state index in [0.717, 1.165) is 0 Å². The molecule has 0 saturated carbocycles. The van der Waals surface area contributed by atoms with Gasteiger partial charge in [-0.2, -0.15) is 5.26 Å². The lowest BCUT2D eigenvalue weighted by molar-refractivity contribution is 0.402. The van der Waals surface area contributed by atoms with Gasteiger partial charge in [0, 0.05) is 6.54 Å². The summed E-state index contributed by atoms with van der Waals surface area (Å²) in [5.41, 5.74) is 0.354. The monoisotopic (exact) mass is 240 g/mol. The Hall–Kier alpha value is -1.58. The van der Waals surface area contributed by atoms with Crippen LogP contribution in [0.25, 0.3) is 0 Å². The molecule has 1 aromatic carbocycles. The number of methoxy groups -OCH3 is 1. The first-order chi connectivity index (χ1) is 7.55. The highest BCUT2D eigenvalue weighted by molar-refractivity contribution is 7.89. The molecule has 0 aliphatic carbocycles. The molecule has 0 saturated heterocycles. The Labute approximate surface area is 94.7 Å². The van der Waals surface area contributed by atoms with Gasteiger partial charge in [-0.1, -0.05) is 6.92 Å². The minimum absolute atomic E-state index is 0.0378. The van der Waals surface area contributed by atoms with Crippen LogP contribution in [-0.2, 0) is 10.0 Å². The Morgan fingerprint density at radius 2 is 2.19 bits per heavy atom. The normalized spacial score (nSPS) is 10.8. The molecule has 0 heterocycles. The lowest BCUT2D eigenvalue weighted by atomic mass is 10.2. The van der Waals surface area contributed by atoms with Crippen molar-refractivity contribution in [1.82, 2.24) is 4.72 Å². The predicted octanol–water partition coefficient (Wildman–Crippen LogP) is 0.865. The molecule has 1 N–H and O–H groups in total. The molecule has 0 amide bonds. The molecule has 1 rings (SSSR count). The summed E-state index contributed by atoms with van der Waals surface area (Å²) in [5, 5.41) is 8.68. The van der Waals surface area contributed by atoms with Gasteiger partial charge in [-0.15, -0.1) is 0 Å². The van der Waals surface area contributed by atoms with Gasteiger partial charge in [-0.3, -0.25) is 0 Å². The van der Waals surface area contributed by atoms with E-state index < -0.39 is 10.0 Å². The van der Waals surface area contributed by atoms with E-state index in [1.54, 1.807) is 6.92 Å². The Kier molecular flexibility index (Phi) is 3.88. The zero-order valence-corrected chi connectivity index (χ0v) is 9.84. The largest absolute Gasteiger partial charge is 0.495 e. The summed E-state index contributed by atoms with van der Waals surface area (Å²) in [4.78, 5) is 0.0378. The minimum Gasteiger partial charge on any atom is -0.495 e. The first-order valence-electron chi connectivity index (χ1n) is 4.63. The number of nitrogens with zero attached hydrogens (tertiary/aromatic N) is 1. The summed E-state index contributed by atoms with van der Waals surface area (Å²) in [6.07, 6.45) is 0. The fourth-order valence-corrected chi connectivity index (χ4v) is 2.42. The fraction of sp³-hybridized carbons (Fsp3) is 0.300. The van der Waals surface area contributed by atoms with E-state index in [2.05, 4.69) is 4.72 Å². The van der Waals surface area contributed by atoms with Gasteiger partial charge in [0.05, 0.1) is 18.7 Å². The second-order valence-electron chi connectivity index (χ2n) is 2.98. The summed E-state index contributed by atoms with van der Waals surface area (Å²) < 4.78 is 30.8. The van der Waals surface area contributed by atoms with E-state index in [9.17, 15) is 8.42 Å². The second-order valence-corrected chi connectivity index (χ2v) is 4.71.